The minimum Gasteiger partial charge on any atom is -0.496 e. The molecule has 2 fully saturated rings. The monoisotopic (exact) mass is 704 g/mol. The minimum absolute atomic E-state index is 0.194. The van der Waals surface area contributed by atoms with E-state index in [1.54, 1.807) is 26.5 Å². The van der Waals surface area contributed by atoms with Gasteiger partial charge in [-0.15, -0.1) is 0 Å². The maximum absolute atomic E-state index is 13.4. The molecule has 1 amide bonds. The van der Waals surface area contributed by atoms with E-state index in [0.29, 0.717) is 43.4 Å². The SMILES string of the molecule is COc1cc(C(=O)Nc2cccc(-c3cccc(/C=C/c4cc(OC)c(CN5CC[C@@H](C(=O)O)C5)cc4C)c3C)c2C)ncc1CN1CC(CO)C1. The predicted molar refractivity (Wildman–Crippen MR) is 204 cm³/mol. The van der Waals surface area contributed by atoms with Crippen molar-refractivity contribution in [2.75, 3.05) is 52.3 Å². The summed E-state index contributed by atoms with van der Waals surface area (Å²) in [6.07, 6.45) is 6.60. The number of anilines is 1. The number of ether oxygens (including phenoxy) is 2. The first kappa shape index (κ1) is 36.8. The molecule has 2 saturated heterocycles. The summed E-state index contributed by atoms with van der Waals surface area (Å²) in [5, 5.41) is 21.8. The highest BCUT2D eigenvalue weighted by molar-refractivity contribution is 6.04. The molecule has 2 aliphatic rings. The molecule has 6 rings (SSSR count). The van der Waals surface area contributed by atoms with E-state index in [2.05, 4.69) is 76.4 Å². The third-order valence-corrected chi connectivity index (χ3v) is 10.5. The van der Waals surface area contributed by atoms with Gasteiger partial charge in [-0.2, -0.15) is 0 Å². The summed E-state index contributed by atoms with van der Waals surface area (Å²) in [6, 6.07) is 18.0. The summed E-state index contributed by atoms with van der Waals surface area (Å²) >= 11 is 0. The molecule has 3 aromatic carbocycles. The van der Waals surface area contributed by atoms with Crippen LogP contribution in [0.4, 0.5) is 5.69 Å². The van der Waals surface area contributed by atoms with Crippen molar-refractivity contribution in [2.24, 2.45) is 11.8 Å². The van der Waals surface area contributed by atoms with Gasteiger partial charge in [0.25, 0.3) is 5.91 Å². The second kappa shape index (κ2) is 16.1. The average Bonchev–Trinajstić information content (AvgIpc) is 3.60. The quantitative estimate of drug-likeness (QED) is 0.135. The van der Waals surface area contributed by atoms with Crippen LogP contribution in [0.15, 0.2) is 60.8 Å². The molecular weight excluding hydrogens is 656 g/mol. The number of aromatic nitrogens is 1. The number of nitrogens with zero attached hydrogens (tertiary/aromatic N) is 3. The first-order valence-electron chi connectivity index (χ1n) is 17.8. The maximum Gasteiger partial charge on any atom is 0.307 e. The van der Waals surface area contributed by atoms with Crippen LogP contribution < -0.4 is 14.8 Å². The van der Waals surface area contributed by atoms with E-state index < -0.39 is 5.97 Å². The number of aliphatic hydroxyl groups excluding tert-OH is 1. The molecule has 0 radical (unpaired) electrons. The zero-order valence-electron chi connectivity index (χ0n) is 30.6. The Morgan fingerprint density at radius 2 is 1.54 bits per heavy atom. The molecule has 272 valence electrons. The molecule has 1 atom stereocenters. The van der Waals surface area contributed by atoms with Gasteiger partial charge in [-0.05, 0) is 84.8 Å². The van der Waals surface area contributed by atoms with Gasteiger partial charge in [0.15, 0.2) is 0 Å². The summed E-state index contributed by atoms with van der Waals surface area (Å²) in [4.78, 5) is 33.7. The molecule has 2 aliphatic heterocycles. The largest absolute Gasteiger partial charge is 0.496 e. The Kier molecular flexibility index (Phi) is 11.4. The molecule has 0 bridgehead atoms. The fraction of sp³-hybridized carbons (Fsp3) is 0.357. The molecule has 0 spiro atoms. The lowest BCUT2D eigenvalue weighted by Crippen LogP contribution is -2.47. The van der Waals surface area contributed by atoms with E-state index in [9.17, 15) is 19.8 Å². The average molecular weight is 705 g/mol. The molecular formula is C42H48N4O6. The van der Waals surface area contributed by atoms with Crippen molar-refractivity contribution in [1.29, 1.82) is 0 Å². The first-order chi connectivity index (χ1) is 25.1. The molecule has 3 N–H and O–H groups in total. The highest BCUT2D eigenvalue weighted by atomic mass is 16.5. The van der Waals surface area contributed by atoms with Gasteiger partial charge in [0.05, 0.1) is 20.1 Å². The fourth-order valence-electron chi connectivity index (χ4n) is 7.29. The summed E-state index contributed by atoms with van der Waals surface area (Å²) in [6.45, 7) is 10.7. The number of nitrogens with one attached hydrogen (secondary N) is 1. The molecule has 4 aromatic rings. The van der Waals surface area contributed by atoms with Crippen LogP contribution in [0.2, 0.25) is 0 Å². The third-order valence-electron chi connectivity index (χ3n) is 10.5. The van der Waals surface area contributed by atoms with Gasteiger partial charge < -0.3 is 25.0 Å². The van der Waals surface area contributed by atoms with Crippen molar-refractivity contribution in [1.82, 2.24) is 14.8 Å². The third kappa shape index (κ3) is 8.04. The Labute approximate surface area is 305 Å². The Hall–Kier alpha value is -5.03. The standard InChI is InChI=1S/C42H48N4O6/c1-26-16-33(23-45-15-14-32(22-45)42(49)50)39(51-4)17-31(26)13-12-30-8-6-9-35(27(30)2)36-10-7-11-37(28(36)3)44-41(48)38-18-40(52-5)34(19-43-38)24-46-20-29(21-46)25-47/h6-13,16-19,29,32,47H,14-15,20-25H2,1-5H3,(H,44,48)(H,49,50)/b13-12+/t32-/m1/s1. The number of carboxylic acids is 1. The van der Waals surface area contributed by atoms with Gasteiger partial charge in [0, 0.05) is 74.3 Å². The molecule has 52 heavy (non-hydrogen) atoms. The molecule has 10 nitrogen and oxygen atoms in total. The second-order valence-corrected chi connectivity index (χ2v) is 14.0. The summed E-state index contributed by atoms with van der Waals surface area (Å²) in [5.41, 5.74) is 10.3. The number of likely N-dealkylation sites (tertiary alicyclic amines) is 2. The van der Waals surface area contributed by atoms with Crippen LogP contribution in [0.5, 0.6) is 11.5 Å². The van der Waals surface area contributed by atoms with Crippen molar-refractivity contribution in [2.45, 2.75) is 40.3 Å². The van der Waals surface area contributed by atoms with Gasteiger partial charge in [0.2, 0.25) is 0 Å². The number of aliphatic hydroxyl groups is 1. The van der Waals surface area contributed by atoms with E-state index in [-0.39, 0.29) is 24.1 Å². The lowest BCUT2D eigenvalue weighted by Gasteiger charge is -2.38. The predicted octanol–water partition coefficient (Wildman–Crippen LogP) is 6.44. The van der Waals surface area contributed by atoms with E-state index in [1.165, 1.54) is 0 Å². The number of hydrogen-bond donors (Lipinski definition) is 3. The van der Waals surface area contributed by atoms with Crippen LogP contribution in [0.1, 0.15) is 55.9 Å². The van der Waals surface area contributed by atoms with Crippen LogP contribution in [-0.2, 0) is 17.9 Å². The number of benzene rings is 3. The lowest BCUT2D eigenvalue weighted by molar-refractivity contribution is -0.141. The van der Waals surface area contributed by atoms with Crippen molar-refractivity contribution < 1.29 is 29.3 Å². The van der Waals surface area contributed by atoms with Gasteiger partial charge in [0.1, 0.15) is 17.2 Å². The Morgan fingerprint density at radius 3 is 2.23 bits per heavy atom. The van der Waals surface area contributed by atoms with Crippen LogP contribution in [0.3, 0.4) is 0 Å². The van der Waals surface area contributed by atoms with Gasteiger partial charge in [-0.3, -0.25) is 24.4 Å². The zero-order chi connectivity index (χ0) is 36.9. The number of aliphatic carboxylic acids is 1. The van der Waals surface area contributed by atoms with Gasteiger partial charge >= 0.3 is 5.97 Å². The number of pyridine rings is 1. The highest BCUT2D eigenvalue weighted by Gasteiger charge is 2.29. The topological polar surface area (TPSA) is 124 Å². The molecule has 0 unspecified atom stereocenters. The number of carboxylic acid groups (broad SMARTS) is 1. The number of carbonyl (C=O) groups is 2. The van der Waals surface area contributed by atoms with E-state index in [1.807, 2.05) is 25.1 Å². The smallest absolute Gasteiger partial charge is 0.307 e. The molecule has 0 aliphatic carbocycles. The number of methoxy groups -OCH3 is 2. The van der Waals surface area contributed by atoms with Crippen molar-refractivity contribution in [3.05, 3.63) is 105 Å². The summed E-state index contributed by atoms with van der Waals surface area (Å²) in [7, 11) is 3.27. The maximum atomic E-state index is 13.4. The lowest BCUT2D eigenvalue weighted by atomic mass is 9.92. The second-order valence-electron chi connectivity index (χ2n) is 14.0. The van der Waals surface area contributed by atoms with E-state index in [4.69, 9.17) is 9.47 Å². The number of hydrogen-bond acceptors (Lipinski definition) is 8. The van der Waals surface area contributed by atoms with Crippen LogP contribution in [0.25, 0.3) is 23.3 Å². The number of aryl methyl sites for hydroxylation is 1. The molecule has 3 heterocycles. The van der Waals surface area contributed by atoms with E-state index >= 15 is 0 Å². The van der Waals surface area contributed by atoms with E-state index in [0.717, 1.165) is 75.5 Å². The molecule has 1 aromatic heterocycles. The fourth-order valence-corrected chi connectivity index (χ4v) is 7.29. The van der Waals surface area contributed by atoms with Crippen molar-refractivity contribution >= 4 is 29.7 Å². The number of carbonyl (C=O) groups excluding carboxylic acids is 1. The normalized spacial score (nSPS) is 16.6. The zero-order valence-corrected chi connectivity index (χ0v) is 30.6. The Balaban J connectivity index is 1.17. The van der Waals surface area contributed by atoms with Crippen LogP contribution in [-0.4, -0.2) is 83.9 Å². The summed E-state index contributed by atoms with van der Waals surface area (Å²) in [5.74, 6) is 0.356. The number of amides is 1. The summed E-state index contributed by atoms with van der Waals surface area (Å²) < 4.78 is 11.4. The van der Waals surface area contributed by atoms with Gasteiger partial charge in [-0.25, -0.2) is 0 Å². The van der Waals surface area contributed by atoms with Gasteiger partial charge in [-0.1, -0.05) is 48.6 Å². The Morgan fingerprint density at radius 1 is 0.865 bits per heavy atom. The molecule has 0 saturated carbocycles. The minimum atomic E-state index is -0.728. The molecule has 10 heteroatoms. The van der Waals surface area contributed by atoms with Crippen molar-refractivity contribution in [3.63, 3.8) is 0 Å². The van der Waals surface area contributed by atoms with Crippen molar-refractivity contribution in [3.8, 4) is 22.6 Å². The highest BCUT2D eigenvalue weighted by Crippen LogP contribution is 2.34. The Bertz CT molecular complexity index is 1990. The first-order valence-corrected chi connectivity index (χ1v) is 17.8. The van der Waals surface area contributed by atoms with Crippen LogP contribution >= 0.6 is 0 Å². The van der Waals surface area contributed by atoms with Crippen LogP contribution in [0, 0.1) is 32.6 Å². The number of rotatable bonds is 13.